The van der Waals surface area contributed by atoms with Crippen molar-refractivity contribution in [3.63, 3.8) is 0 Å². The molecule has 0 radical (unpaired) electrons. The van der Waals surface area contributed by atoms with Crippen LogP contribution < -0.4 is 15.2 Å². The fourth-order valence-corrected chi connectivity index (χ4v) is 7.52. The molecule has 9 rings (SSSR count). The first kappa shape index (κ1) is 25.6. The van der Waals surface area contributed by atoms with E-state index in [0.29, 0.717) is 5.39 Å². The van der Waals surface area contributed by atoms with Gasteiger partial charge < -0.3 is 9.64 Å². The van der Waals surface area contributed by atoms with Gasteiger partial charge in [-0.1, -0.05) is 97.1 Å². The summed E-state index contributed by atoms with van der Waals surface area (Å²) in [4.78, 5) is 16.4. The van der Waals surface area contributed by atoms with E-state index in [-0.39, 0.29) is 5.56 Å². The molecule has 214 valence electrons. The van der Waals surface area contributed by atoms with Crippen LogP contribution in [-0.4, -0.2) is 4.57 Å². The Kier molecular flexibility index (Phi) is 5.44. The number of rotatable bonds is 2. The maximum Gasteiger partial charge on any atom is 0.263 e. The van der Waals surface area contributed by atoms with E-state index in [1.54, 1.807) is 4.57 Å². The summed E-state index contributed by atoms with van der Waals surface area (Å²) in [7, 11) is 0. The maximum atomic E-state index is 14.1. The van der Waals surface area contributed by atoms with Crippen LogP contribution >= 0.6 is 0 Å². The quantitative estimate of drug-likeness (QED) is 0.204. The number of anilines is 3. The standard InChI is InChI=1S/C41H28N2O2/c1-27-26-42(28-13-3-2-4-14-28)40(44)31-25-29(23-24-30(27)31)43-36-19-9-5-15-32(36)41(33-16-6-10-20-37(33)43)34-17-7-11-21-38(34)45-39-22-12-8-18-35(39)41/h2-26H,1H3. The van der Waals surface area contributed by atoms with Gasteiger partial charge in [0.25, 0.3) is 5.56 Å². The molecule has 0 aliphatic carbocycles. The zero-order valence-electron chi connectivity index (χ0n) is 24.6. The van der Waals surface area contributed by atoms with E-state index in [2.05, 4.69) is 115 Å². The zero-order chi connectivity index (χ0) is 30.1. The lowest BCUT2D eigenvalue weighted by atomic mass is 9.61. The van der Waals surface area contributed by atoms with Gasteiger partial charge in [-0.15, -0.1) is 0 Å². The normalized spacial score (nSPS) is 13.8. The number of hydrogen-bond acceptors (Lipinski definition) is 3. The SMILES string of the molecule is Cc1cn(-c2ccccc2)c(=O)c2cc(N3c4ccccc4C4(c5ccccc5Oc5ccccc54)c4ccccc43)ccc12. The van der Waals surface area contributed by atoms with Crippen LogP contribution in [0.2, 0.25) is 0 Å². The smallest absolute Gasteiger partial charge is 0.263 e. The minimum atomic E-state index is -0.595. The summed E-state index contributed by atoms with van der Waals surface area (Å²) in [5, 5.41) is 1.65. The van der Waals surface area contributed by atoms with Gasteiger partial charge in [0.1, 0.15) is 11.5 Å². The molecule has 4 heteroatoms. The van der Waals surface area contributed by atoms with Crippen LogP contribution in [0, 0.1) is 6.92 Å². The highest BCUT2D eigenvalue weighted by Crippen LogP contribution is 2.62. The Hall–Kier alpha value is -5.87. The van der Waals surface area contributed by atoms with Gasteiger partial charge in [0.15, 0.2) is 0 Å². The number of benzene rings is 6. The molecule has 6 aromatic carbocycles. The molecule has 0 unspecified atom stereocenters. The van der Waals surface area contributed by atoms with Crippen molar-refractivity contribution in [2.45, 2.75) is 12.3 Å². The molecule has 0 saturated heterocycles. The molecule has 7 aromatic rings. The van der Waals surface area contributed by atoms with Crippen molar-refractivity contribution in [1.82, 2.24) is 4.57 Å². The third-order valence-corrected chi connectivity index (χ3v) is 9.39. The highest BCUT2D eigenvalue weighted by molar-refractivity contribution is 5.95. The average molecular weight is 581 g/mol. The number of hydrogen-bond donors (Lipinski definition) is 0. The second kappa shape index (κ2) is 9.57. The van der Waals surface area contributed by atoms with Gasteiger partial charge in [0.05, 0.1) is 16.8 Å². The lowest BCUT2D eigenvalue weighted by molar-refractivity contribution is 0.434. The molecule has 1 spiro atoms. The predicted octanol–water partition coefficient (Wildman–Crippen LogP) is 9.57. The molecule has 0 saturated carbocycles. The van der Waals surface area contributed by atoms with Gasteiger partial charge in [0, 0.05) is 34.1 Å². The van der Waals surface area contributed by atoms with Gasteiger partial charge in [-0.25, -0.2) is 0 Å². The zero-order valence-corrected chi connectivity index (χ0v) is 24.6. The molecule has 0 N–H and O–H groups in total. The molecule has 45 heavy (non-hydrogen) atoms. The molecule has 3 heterocycles. The monoisotopic (exact) mass is 580 g/mol. The minimum absolute atomic E-state index is 0.0361. The van der Waals surface area contributed by atoms with E-state index in [1.165, 1.54) is 0 Å². The van der Waals surface area contributed by atoms with Gasteiger partial charge >= 0.3 is 0 Å². The van der Waals surface area contributed by atoms with E-state index in [9.17, 15) is 4.79 Å². The molecule has 4 nitrogen and oxygen atoms in total. The molecule has 1 aromatic heterocycles. The van der Waals surface area contributed by atoms with E-state index in [4.69, 9.17) is 4.74 Å². The van der Waals surface area contributed by atoms with Crippen LogP contribution in [0.3, 0.4) is 0 Å². The lowest BCUT2D eigenvalue weighted by Crippen LogP contribution is -2.39. The van der Waals surface area contributed by atoms with Gasteiger partial charge in [-0.05, 0) is 77.5 Å². The maximum absolute atomic E-state index is 14.1. The Morgan fingerprint density at radius 2 is 1.07 bits per heavy atom. The summed E-state index contributed by atoms with van der Waals surface area (Å²) < 4.78 is 8.27. The first-order valence-electron chi connectivity index (χ1n) is 15.2. The summed E-state index contributed by atoms with van der Waals surface area (Å²) in [6, 6.07) is 50.2. The third kappa shape index (κ3) is 3.51. The molecule has 0 bridgehead atoms. The third-order valence-electron chi connectivity index (χ3n) is 9.39. The largest absolute Gasteiger partial charge is 0.457 e. The van der Waals surface area contributed by atoms with Gasteiger partial charge in [-0.3, -0.25) is 9.36 Å². The van der Waals surface area contributed by atoms with Crippen LogP contribution in [0.5, 0.6) is 11.5 Å². The summed E-state index contributed by atoms with van der Waals surface area (Å²) in [5.41, 5.74) is 8.90. The van der Waals surface area contributed by atoms with Gasteiger partial charge in [-0.2, -0.15) is 0 Å². The molecule has 0 fully saturated rings. The molecule has 0 amide bonds. The second-order valence-corrected chi connectivity index (χ2v) is 11.8. The summed E-state index contributed by atoms with van der Waals surface area (Å²) in [6.07, 6.45) is 1.94. The fraction of sp³-hybridized carbons (Fsp3) is 0.0488. The van der Waals surface area contributed by atoms with E-state index in [1.807, 2.05) is 48.7 Å². The van der Waals surface area contributed by atoms with Gasteiger partial charge in [0.2, 0.25) is 0 Å². The Morgan fingerprint density at radius 3 is 1.69 bits per heavy atom. The lowest BCUT2D eigenvalue weighted by Gasteiger charge is -2.48. The number of ether oxygens (including phenoxy) is 1. The highest BCUT2D eigenvalue weighted by atomic mass is 16.5. The Bertz CT molecular complexity index is 2260. The first-order valence-corrected chi connectivity index (χ1v) is 15.2. The van der Waals surface area contributed by atoms with E-state index >= 15 is 0 Å². The topological polar surface area (TPSA) is 34.5 Å². The Balaban J connectivity index is 1.35. The van der Waals surface area contributed by atoms with Crippen LogP contribution in [0.1, 0.15) is 27.8 Å². The molecular formula is C41H28N2O2. The van der Waals surface area contributed by atoms with Crippen LogP contribution in [0.4, 0.5) is 17.1 Å². The van der Waals surface area contributed by atoms with Crippen LogP contribution in [0.25, 0.3) is 16.5 Å². The summed E-state index contributed by atoms with van der Waals surface area (Å²) >= 11 is 0. The molecular weight excluding hydrogens is 552 g/mol. The van der Waals surface area contributed by atoms with Crippen molar-refractivity contribution in [3.05, 3.63) is 190 Å². The minimum Gasteiger partial charge on any atom is -0.457 e. The Morgan fingerprint density at radius 1 is 0.533 bits per heavy atom. The highest BCUT2D eigenvalue weighted by Gasteiger charge is 2.50. The van der Waals surface area contributed by atoms with Crippen LogP contribution in [-0.2, 0) is 5.41 Å². The van der Waals surface area contributed by atoms with E-state index < -0.39 is 5.41 Å². The number of pyridine rings is 1. The summed E-state index contributed by atoms with van der Waals surface area (Å²) in [6.45, 7) is 2.07. The van der Waals surface area contributed by atoms with Crippen molar-refractivity contribution < 1.29 is 4.74 Å². The first-order chi connectivity index (χ1) is 22.2. The molecule has 0 atom stereocenters. The van der Waals surface area contributed by atoms with Crippen molar-refractivity contribution in [3.8, 4) is 17.2 Å². The number of aryl methyl sites for hydroxylation is 1. The number of fused-ring (bicyclic) bond motifs is 9. The molecule has 2 aliphatic heterocycles. The van der Waals surface area contributed by atoms with Crippen molar-refractivity contribution in [2.24, 2.45) is 0 Å². The van der Waals surface area contributed by atoms with Crippen LogP contribution in [0.15, 0.2) is 157 Å². The molecule has 2 aliphatic rings. The number of para-hydroxylation sites is 5. The van der Waals surface area contributed by atoms with Crippen molar-refractivity contribution in [2.75, 3.05) is 4.90 Å². The number of aromatic nitrogens is 1. The van der Waals surface area contributed by atoms with Crippen molar-refractivity contribution >= 4 is 27.8 Å². The second-order valence-electron chi connectivity index (χ2n) is 11.8. The Labute approximate surface area is 261 Å². The van der Waals surface area contributed by atoms with Crippen molar-refractivity contribution in [1.29, 1.82) is 0 Å². The van der Waals surface area contributed by atoms with E-state index in [0.717, 1.165) is 67.5 Å². The fourth-order valence-electron chi connectivity index (χ4n) is 7.52. The predicted molar refractivity (Wildman–Crippen MR) is 181 cm³/mol. The summed E-state index contributed by atoms with van der Waals surface area (Å²) in [5.74, 6) is 1.72. The number of nitrogens with zero attached hydrogens (tertiary/aromatic N) is 2. The average Bonchev–Trinajstić information content (AvgIpc) is 3.10.